The fourth-order valence-corrected chi connectivity index (χ4v) is 2.03. The SMILES string of the molecule is CSCCC(NC(=O)CNC(=O)CNC(=O)C(N)CC(=O)O)C(=O)O. The molecule has 11 nitrogen and oxygen atoms in total. The summed E-state index contributed by atoms with van der Waals surface area (Å²) in [6.07, 6.45) is 1.47. The van der Waals surface area contributed by atoms with Crippen LogP contribution in [-0.4, -0.2) is 77.1 Å². The maximum Gasteiger partial charge on any atom is 0.326 e. The van der Waals surface area contributed by atoms with Gasteiger partial charge in [-0.2, -0.15) is 11.8 Å². The van der Waals surface area contributed by atoms with E-state index in [9.17, 15) is 24.0 Å². The molecule has 25 heavy (non-hydrogen) atoms. The molecule has 0 aliphatic rings. The highest BCUT2D eigenvalue weighted by molar-refractivity contribution is 7.98. The number of aliphatic carboxylic acids is 2. The molecule has 0 heterocycles. The van der Waals surface area contributed by atoms with E-state index < -0.39 is 61.3 Å². The molecule has 0 spiro atoms. The smallest absolute Gasteiger partial charge is 0.326 e. The first-order chi connectivity index (χ1) is 11.7. The summed E-state index contributed by atoms with van der Waals surface area (Å²) in [6.45, 7) is -0.951. The van der Waals surface area contributed by atoms with Gasteiger partial charge in [0.25, 0.3) is 0 Å². The van der Waals surface area contributed by atoms with Crippen LogP contribution in [0.1, 0.15) is 12.8 Å². The van der Waals surface area contributed by atoms with E-state index in [1.54, 1.807) is 6.26 Å². The van der Waals surface area contributed by atoms with Crippen molar-refractivity contribution in [2.24, 2.45) is 5.73 Å². The fraction of sp³-hybridized carbons (Fsp3) is 0.615. The lowest BCUT2D eigenvalue weighted by atomic mass is 10.2. The number of carbonyl (C=O) groups is 5. The third kappa shape index (κ3) is 10.9. The van der Waals surface area contributed by atoms with Gasteiger partial charge in [-0.15, -0.1) is 0 Å². The molecule has 0 saturated carbocycles. The van der Waals surface area contributed by atoms with Gasteiger partial charge >= 0.3 is 11.9 Å². The number of rotatable bonds is 12. The zero-order valence-corrected chi connectivity index (χ0v) is 14.4. The van der Waals surface area contributed by atoms with E-state index >= 15 is 0 Å². The summed E-state index contributed by atoms with van der Waals surface area (Å²) in [6, 6.07) is -2.34. The standard InChI is InChI=1S/C13H22N4O7S/c1-25-3-2-8(13(23)24)17-10(19)6-15-9(18)5-16-12(22)7(14)4-11(20)21/h7-8H,2-6,14H2,1H3,(H,15,18)(H,16,22)(H,17,19)(H,20,21)(H,23,24). The van der Waals surface area contributed by atoms with E-state index in [-0.39, 0.29) is 6.42 Å². The number of carboxylic acid groups (broad SMARTS) is 2. The Balaban J connectivity index is 4.15. The van der Waals surface area contributed by atoms with Crippen LogP contribution in [0, 0.1) is 0 Å². The fourth-order valence-electron chi connectivity index (χ4n) is 1.56. The number of carboxylic acids is 2. The van der Waals surface area contributed by atoms with E-state index in [1.165, 1.54) is 11.8 Å². The average molecular weight is 378 g/mol. The summed E-state index contributed by atoms with van der Waals surface area (Å²) in [5.41, 5.74) is 5.30. The first kappa shape index (κ1) is 22.7. The maximum atomic E-state index is 11.6. The van der Waals surface area contributed by atoms with Crippen LogP contribution in [0.3, 0.4) is 0 Å². The van der Waals surface area contributed by atoms with Crippen molar-refractivity contribution in [1.82, 2.24) is 16.0 Å². The molecule has 3 amide bonds. The summed E-state index contributed by atoms with van der Waals surface area (Å²) in [4.78, 5) is 55.9. The molecule has 2 unspecified atom stereocenters. The zero-order chi connectivity index (χ0) is 19.4. The Morgan fingerprint density at radius 1 is 1.04 bits per heavy atom. The van der Waals surface area contributed by atoms with Crippen LogP contribution in [0.15, 0.2) is 0 Å². The molecule has 142 valence electrons. The molecule has 0 aromatic heterocycles. The van der Waals surface area contributed by atoms with Gasteiger partial charge in [0, 0.05) is 0 Å². The molecule has 0 aromatic carbocycles. The summed E-state index contributed by atoms with van der Waals surface area (Å²) >= 11 is 1.44. The molecule has 2 atom stereocenters. The normalized spacial score (nSPS) is 12.6. The zero-order valence-electron chi connectivity index (χ0n) is 13.6. The van der Waals surface area contributed by atoms with Gasteiger partial charge in [-0.25, -0.2) is 4.79 Å². The number of hydrogen-bond donors (Lipinski definition) is 6. The molecule has 12 heteroatoms. The van der Waals surface area contributed by atoms with E-state index in [4.69, 9.17) is 15.9 Å². The Labute approximate surface area is 148 Å². The second-order valence-electron chi connectivity index (χ2n) is 4.94. The predicted molar refractivity (Wildman–Crippen MR) is 88.8 cm³/mol. The van der Waals surface area contributed by atoms with E-state index in [0.717, 1.165) is 0 Å². The Morgan fingerprint density at radius 3 is 2.16 bits per heavy atom. The molecule has 0 aromatic rings. The third-order valence-electron chi connectivity index (χ3n) is 2.84. The number of thioether (sulfide) groups is 1. The third-order valence-corrected chi connectivity index (χ3v) is 3.49. The molecule has 7 N–H and O–H groups in total. The first-order valence-electron chi connectivity index (χ1n) is 7.20. The molecule has 0 aliphatic carbocycles. The Morgan fingerprint density at radius 2 is 1.64 bits per heavy atom. The van der Waals surface area contributed by atoms with Gasteiger partial charge in [0.05, 0.1) is 25.6 Å². The largest absolute Gasteiger partial charge is 0.481 e. The molecule has 0 radical (unpaired) electrons. The minimum atomic E-state index is -1.29. The summed E-state index contributed by atoms with van der Waals surface area (Å²) in [5.74, 6) is -4.08. The van der Waals surface area contributed by atoms with Crippen molar-refractivity contribution in [2.75, 3.05) is 25.1 Å². The number of nitrogens with one attached hydrogen (secondary N) is 3. The number of nitrogens with two attached hydrogens (primary N) is 1. The highest BCUT2D eigenvalue weighted by Gasteiger charge is 2.20. The van der Waals surface area contributed by atoms with Crippen molar-refractivity contribution in [3.8, 4) is 0 Å². The molecule has 0 saturated heterocycles. The van der Waals surface area contributed by atoms with Crippen molar-refractivity contribution in [2.45, 2.75) is 24.9 Å². The van der Waals surface area contributed by atoms with Crippen molar-refractivity contribution in [3.63, 3.8) is 0 Å². The van der Waals surface area contributed by atoms with Gasteiger partial charge in [0.15, 0.2) is 0 Å². The van der Waals surface area contributed by atoms with Gasteiger partial charge < -0.3 is 31.9 Å². The van der Waals surface area contributed by atoms with Gasteiger partial charge in [-0.1, -0.05) is 0 Å². The van der Waals surface area contributed by atoms with Crippen LogP contribution in [0.25, 0.3) is 0 Å². The van der Waals surface area contributed by atoms with Crippen LogP contribution < -0.4 is 21.7 Å². The summed E-state index contributed by atoms with van der Waals surface area (Å²) < 4.78 is 0. The van der Waals surface area contributed by atoms with Crippen molar-refractivity contribution in [3.05, 3.63) is 0 Å². The Kier molecular flexibility index (Phi) is 11.0. The van der Waals surface area contributed by atoms with Gasteiger partial charge in [0.1, 0.15) is 6.04 Å². The van der Waals surface area contributed by atoms with E-state index in [1.807, 2.05) is 0 Å². The van der Waals surface area contributed by atoms with Crippen LogP contribution >= 0.6 is 11.8 Å². The van der Waals surface area contributed by atoms with Crippen molar-refractivity contribution < 1.29 is 34.2 Å². The minimum Gasteiger partial charge on any atom is -0.481 e. The van der Waals surface area contributed by atoms with Gasteiger partial charge in [0.2, 0.25) is 17.7 Å². The lowest BCUT2D eigenvalue weighted by molar-refractivity contribution is -0.141. The average Bonchev–Trinajstić information content (AvgIpc) is 2.53. The number of amides is 3. The Hall–Kier alpha value is -2.34. The second-order valence-corrected chi connectivity index (χ2v) is 5.92. The molecule has 0 fully saturated rings. The number of carbonyl (C=O) groups excluding carboxylic acids is 3. The first-order valence-corrected chi connectivity index (χ1v) is 8.59. The van der Waals surface area contributed by atoms with Crippen molar-refractivity contribution >= 4 is 41.4 Å². The van der Waals surface area contributed by atoms with Crippen LogP contribution in [0.2, 0.25) is 0 Å². The maximum absolute atomic E-state index is 11.6. The van der Waals surface area contributed by atoms with Crippen LogP contribution in [0.5, 0.6) is 0 Å². The highest BCUT2D eigenvalue weighted by Crippen LogP contribution is 2.00. The molecular formula is C13H22N4O7S. The Bertz CT molecular complexity index is 515. The topological polar surface area (TPSA) is 188 Å². The monoisotopic (exact) mass is 378 g/mol. The van der Waals surface area contributed by atoms with E-state index in [0.29, 0.717) is 5.75 Å². The summed E-state index contributed by atoms with van der Waals surface area (Å²) in [7, 11) is 0. The summed E-state index contributed by atoms with van der Waals surface area (Å²) in [5, 5.41) is 24.1. The molecule has 0 bridgehead atoms. The van der Waals surface area contributed by atoms with Gasteiger partial charge in [-0.05, 0) is 18.4 Å². The predicted octanol–water partition coefficient (Wildman–Crippen LogP) is -2.66. The molecular weight excluding hydrogens is 356 g/mol. The lowest BCUT2D eigenvalue weighted by Gasteiger charge is -2.14. The quantitative estimate of drug-likeness (QED) is 0.211. The molecule has 0 rings (SSSR count). The highest BCUT2D eigenvalue weighted by atomic mass is 32.2. The van der Waals surface area contributed by atoms with Crippen molar-refractivity contribution in [1.29, 1.82) is 0 Å². The lowest BCUT2D eigenvalue weighted by Crippen LogP contribution is -2.48. The second kappa shape index (κ2) is 12.1. The minimum absolute atomic E-state index is 0.244. The van der Waals surface area contributed by atoms with Crippen LogP contribution in [0.4, 0.5) is 0 Å². The number of hydrogen-bond acceptors (Lipinski definition) is 7. The van der Waals surface area contributed by atoms with E-state index in [2.05, 4.69) is 16.0 Å². The molecule has 0 aliphatic heterocycles. The van der Waals surface area contributed by atoms with Crippen LogP contribution in [-0.2, 0) is 24.0 Å². The van der Waals surface area contributed by atoms with Gasteiger partial charge in [-0.3, -0.25) is 19.2 Å².